The average Bonchev–Trinajstić information content (AvgIpc) is 3.21. The lowest BCUT2D eigenvalue weighted by molar-refractivity contribution is -0.153. The lowest BCUT2D eigenvalue weighted by Gasteiger charge is -2.32. The summed E-state index contributed by atoms with van der Waals surface area (Å²) in [6.07, 6.45) is 18.7. The van der Waals surface area contributed by atoms with Crippen LogP contribution in [0.5, 0.6) is 0 Å². The van der Waals surface area contributed by atoms with Crippen molar-refractivity contribution in [2.75, 3.05) is 45.9 Å². The molecule has 0 aromatic rings. The van der Waals surface area contributed by atoms with Gasteiger partial charge in [0.1, 0.15) is 6.10 Å². The quantitative estimate of drug-likeness (QED) is 0.166. The maximum absolute atomic E-state index is 12.5. The molecule has 0 saturated carbocycles. The molecule has 2 fully saturated rings. The number of hydrogen-bond acceptors (Lipinski definition) is 5. The van der Waals surface area contributed by atoms with E-state index >= 15 is 0 Å². The highest BCUT2D eigenvalue weighted by Crippen LogP contribution is 2.15. The molecule has 1 atom stereocenters. The zero-order valence-corrected chi connectivity index (χ0v) is 22.6. The minimum absolute atomic E-state index is 0. The molecule has 6 nitrogen and oxygen atoms in total. The van der Waals surface area contributed by atoms with E-state index in [4.69, 9.17) is 9.47 Å². The number of esters is 1. The van der Waals surface area contributed by atoms with Crippen molar-refractivity contribution in [1.82, 2.24) is 9.80 Å². The lowest BCUT2D eigenvalue weighted by Crippen LogP contribution is -2.46. The summed E-state index contributed by atoms with van der Waals surface area (Å²) in [6, 6.07) is 0. The van der Waals surface area contributed by atoms with Crippen molar-refractivity contribution in [1.29, 1.82) is 0 Å². The van der Waals surface area contributed by atoms with Gasteiger partial charge < -0.3 is 14.4 Å². The second kappa shape index (κ2) is 20.4. The van der Waals surface area contributed by atoms with Crippen LogP contribution in [0.15, 0.2) is 0 Å². The maximum atomic E-state index is 12.5. The van der Waals surface area contributed by atoms with Gasteiger partial charge in [0, 0.05) is 39.0 Å². The third kappa shape index (κ3) is 14.5. The second-order valence-corrected chi connectivity index (χ2v) is 9.96. The molecule has 0 bridgehead atoms. The fraction of sp³-hybridized carbons (Fsp3) is 0.926. The first-order valence-electron chi connectivity index (χ1n) is 14.0. The topological polar surface area (TPSA) is 59.1 Å². The zero-order valence-electron chi connectivity index (χ0n) is 21.8. The highest BCUT2D eigenvalue weighted by atomic mass is 35.5. The van der Waals surface area contributed by atoms with Crippen LogP contribution in [0.25, 0.3) is 0 Å². The highest BCUT2D eigenvalue weighted by molar-refractivity contribution is 5.85. The Morgan fingerprint density at radius 3 is 1.94 bits per heavy atom. The van der Waals surface area contributed by atoms with Gasteiger partial charge in [-0.3, -0.25) is 14.5 Å². The Balaban J connectivity index is 0.00000578. The van der Waals surface area contributed by atoms with E-state index < -0.39 is 0 Å². The number of amides is 1. The van der Waals surface area contributed by atoms with Crippen molar-refractivity contribution in [2.45, 2.75) is 116 Å². The summed E-state index contributed by atoms with van der Waals surface area (Å²) >= 11 is 0. The van der Waals surface area contributed by atoms with Gasteiger partial charge in [-0.2, -0.15) is 0 Å². The Morgan fingerprint density at radius 2 is 1.41 bits per heavy atom. The molecule has 0 aromatic heterocycles. The molecule has 0 aromatic carbocycles. The number of ether oxygens (including phenoxy) is 2. The van der Waals surface area contributed by atoms with Crippen molar-refractivity contribution in [2.24, 2.45) is 0 Å². The van der Waals surface area contributed by atoms with Crippen molar-refractivity contribution in [3.05, 3.63) is 0 Å². The molecule has 2 heterocycles. The second-order valence-electron chi connectivity index (χ2n) is 9.96. The Bertz CT molecular complexity index is 529. The Hall–Kier alpha value is -0.850. The number of halogens is 1. The van der Waals surface area contributed by atoms with Crippen LogP contribution in [0.3, 0.4) is 0 Å². The molecule has 0 spiro atoms. The Labute approximate surface area is 214 Å². The van der Waals surface area contributed by atoms with Gasteiger partial charge in [-0.25, -0.2) is 0 Å². The fourth-order valence-electron chi connectivity index (χ4n) is 4.88. The van der Waals surface area contributed by atoms with Crippen LogP contribution in [0, 0.1) is 0 Å². The monoisotopic (exact) mass is 502 g/mol. The van der Waals surface area contributed by atoms with Crippen LogP contribution in [0.4, 0.5) is 0 Å². The smallest absolute Gasteiger partial charge is 0.306 e. The normalized spacial score (nSPS) is 17.6. The lowest BCUT2D eigenvalue weighted by atomic mass is 10.0. The summed E-state index contributed by atoms with van der Waals surface area (Å²) in [4.78, 5) is 28.7. The molecule has 2 saturated heterocycles. The largest absolute Gasteiger partial charge is 0.459 e. The van der Waals surface area contributed by atoms with Crippen LogP contribution in [0.2, 0.25) is 0 Å². The van der Waals surface area contributed by atoms with E-state index in [2.05, 4.69) is 11.8 Å². The van der Waals surface area contributed by atoms with E-state index in [1.807, 2.05) is 4.90 Å². The van der Waals surface area contributed by atoms with E-state index in [0.29, 0.717) is 25.9 Å². The predicted molar refractivity (Wildman–Crippen MR) is 141 cm³/mol. The van der Waals surface area contributed by atoms with Gasteiger partial charge in [0.2, 0.25) is 5.91 Å². The zero-order chi connectivity index (χ0) is 23.6. The first-order valence-corrected chi connectivity index (χ1v) is 14.0. The molecule has 2 aliphatic heterocycles. The molecular formula is C27H51ClN2O4. The van der Waals surface area contributed by atoms with E-state index in [9.17, 15) is 9.59 Å². The minimum Gasteiger partial charge on any atom is -0.459 e. The molecule has 0 radical (unpaired) electrons. The molecule has 200 valence electrons. The van der Waals surface area contributed by atoms with Gasteiger partial charge in [0.05, 0.1) is 19.8 Å². The van der Waals surface area contributed by atoms with Gasteiger partial charge in [-0.05, 0) is 12.8 Å². The number of morpholine rings is 1. The average molecular weight is 503 g/mol. The van der Waals surface area contributed by atoms with Crippen LogP contribution in [-0.2, 0) is 19.1 Å². The van der Waals surface area contributed by atoms with Gasteiger partial charge in [-0.15, -0.1) is 12.4 Å². The van der Waals surface area contributed by atoms with Crippen molar-refractivity contribution >= 4 is 24.3 Å². The van der Waals surface area contributed by atoms with Crippen molar-refractivity contribution in [3.8, 4) is 0 Å². The summed E-state index contributed by atoms with van der Waals surface area (Å²) < 4.78 is 11.3. The number of hydrogen-bond donors (Lipinski definition) is 0. The summed E-state index contributed by atoms with van der Waals surface area (Å²) in [5, 5.41) is 0. The number of rotatable bonds is 19. The van der Waals surface area contributed by atoms with E-state index in [0.717, 1.165) is 52.1 Å². The SMILES string of the molecule is CCCCCCCCCCCCCCCC(=O)OC(CN1CCOCC1)CN1CCCC1=O.Cl. The summed E-state index contributed by atoms with van der Waals surface area (Å²) in [6.45, 7) is 7.45. The first kappa shape index (κ1) is 31.2. The summed E-state index contributed by atoms with van der Waals surface area (Å²) in [7, 11) is 0. The maximum Gasteiger partial charge on any atom is 0.306 e. The number of unbranched alkanes of at least 4 members (excludes halogenated alkanes) is 12. The van der Waals surface area contributed by atoms with E-state index in [1.165, 1.54) is 70.6 Å². The molecule has 2 rings (SSSR count). The molecule has 1 amide bonds. The van der Waals surface area contributed by atoms with E-state index in [1.54, 1.807) is 0 Å². The van der Waals surface area contributed by atoms with Gasteiger partial charge >= 0.3 is 5.97 Å². The van der Waals surface area contributed by atoms with Gasteiger partial charge in [0.15, 0.2) is 0 Å². The third-order valence-corrected chi connectivity index (χ3v) is 6.94. The van der Waals surface area contributed by atoms with Gasteiger partial charge in [-0.1, -0.05) is 84.0 Å². The van der Waals surface area contributed by atoms with Crippen molar-refractivity contribution in [3.63, 3.8) is 0 Å². The van der Waals surface area contributed by atoms with Gasteiger partial charge in [0.25, 0.3) is 0 Å². The van der Waals surface area contributed by atoms with Crippen LogP contribution < -0.4 is 0 Å². The molecule has 34 heavy (non-hydrogen) atoms. The number of nitrogens with zero attached hydrogens (tertiary/aromatic N) is 2. The standard InChI is InChI=1S/C27H50N2O4.ClH/c1-2-3-4-5-6-7-8-9-10-11-12-13-14-17-27(31)33-25(23-28-19-21-32-22-20-28)24-29-18-15-16-26(29)30;/h25H,2-24H2,1H3;1H. The number of carbonyl (C=O) groups is 2. The van der Waals surface area contributed by atoms with Crippen molar-refractivity contribution < 1.29 is 19.1 Å². The van der Waals surface area contributed by atoms with Crippen LogP contribution >= 0.6 is 12.4 Å². The van der Waals surface area contributed by atoms with E-state index in [-0.39, 0.29) is 30.4 Å². The molecule has 2 aliphatic rings. The highest BCUT2D eigenvalue weighted by Gasteiger charge is 2.27. The molecule has 7 heteroatoms. The van der Waals surface area contributed by atoms with Crippen LogP contribution in [0.1, 0.15) is 110 Å². The first-order chi connectivity index (χ1) is 16.2. The summed E-state index contributed by atoms with van der Waals surface area (Å²) in [5.41, 5.74) is 0. The molecule has 0 aliphatic carbocycles. The molecule has 1 unspecified atom stereocenters. The Morgan fingerprint density at radius 1 is 0.853 bits per heavy atom. The fourth-order valence-corrected chi connectivity index (χ4v) is 4.88. The number of likely N-dealkylation sites (tertiary alicyclic amines) is 1. The molecule has 0 N–H and O–H groups in total. The predicted octanol–water partition coefficient (Wildman–Crippen LogP) is 5.76. The number of carbonyl (C=O) groups excluding carboxylic acids is 2. The van der Waals surface area contributed by atoms with Crippen LogP contribution in [-0.4, -0.2) is 73.7 Å². The third-order valence-electron chi connectivity index (χ3n) is 6.94. The minimum atomic E-state index is -0.236. The Kier molecular flexibility index (Phi) is 18.7. The molecular weight excluding hydrogens is 452 g/mol. The summed E-state index contributed by atoms with van der Waals surface area (Å²) in [5.74, 6) is 0.0810.